The third-order valence-electron chi connectivity index (χ3n) is 4.35. The number of carbonyl (C=O) groups is 2. The van der Waals surface area contributed by atoms with E-state index >= 15 is 0 Å². The maximum atomic E-state index is 14.1. The van der Waals surface area contributed by atoms with Crippen LogP contribution in [0.2, 0.25) is 0 Å². The number of amides is 1. The van der Waals surface area contributed by atoms with E-state index in [0.29, 0.717) is 30.6 Å². The van der Waals surface area contributed by atoms with Gasteiger partial charge in [0.15, 0.2) is 18.1 Å². The molecule has 0 atom stereocenters. The number of hydrogen-bond acceptors (Lipinski definition) is 4. The van der Waals surface area contributed by atoms with Gasteiger partial charge in [-0.25, -0.2) is 9.18 Å². The summed E-state index contributed by atoms with van der Waals surface area (Å²) >= 11 is 0. The van der Waals surface area contributed by atoms with E-state index in [1.165, 1.54) is 24.3 Å². The molecule has 0 aromatic heterocycles. The zero-order valence-electron chi connectivity index (χ0n) is 14.8. The number of rotatable bonds is 8. The Bertz CT molecular complexity index is 863. The number of carboxylic acid groups (broad SMARTS) is 1. The van der Waals surface area contributed by atoms with Crippen molar-refractivity contribution in [2.24, 2.45) is 0 Å². The van der Waals surface area contributed by atoms with Crippen molar-refractivity contribution < 1.29 is 28.6 Å². The van der Waals surface area contributed by atoms with Gasteiger partial charge >= 0.3 is 5.97 Å². The summed E-state index contributed by atoms with van der Waals surface area (Å²) in [5.74, 6) is -1.29. The molecule has 3 rings (SSSR count). The Morgan fingerprint density at radius 1 is 1.15 bits per heavy atom. The topological polar surface area (TPSA) is 84.9 Å². The van der Waals surface area contributed by atoms with Crippen molar-refractivity contribution in [2.45, 2.75) is 25.3 Å². The highest BCUT2D eigenvalue weighted by Crippen LogP contribution is 2.46. The summed E-state index contributed by atoms with van der Waals surface area (Å²) in [5.41, 5.74) is 0.112. The minimum atomic E-state index is -1.11. The van der Waals surface area contributed by atoms with Crippen LogP contribution in [0.3, 0.4) is 0 Å². The number of benzene rings is 2. The average molecular weight is 373 g/mol. The lowest BCUT2D eigenvalue weighted by Crippen LogP contribution is -2.35. The molecule has 2 aromatic rings. The van der Waals surface area contributed by atoms with Crippen LogP contribution in [0.4, 0.5) is 4.39 Å². The Hall–Kier alpha value is -3.09. The lowest BCUT2D eigenvalue weighted by atomic mass is 10.0. The van der Waals surface area contributed by atoms with Crippen molar-refractivity contribution in [3.05, 3.63) is 59.4 Å². The molecule has 0 saturated heterocycles. The van der Waals surface area contributed by atoms with Crippen molar-refractivity contribution in [2.75, 3.05) is 13.2 Å². The van der Waals surface area contributed by atoms with Crippen molar-refractivity contribution >= 4 is 11.9 Å². The summed E-state index contributed by atoms with van der Waals surface area (Å²) in [6.07, 6.45) is 1.33. The summed E-state index contributed by atoms with van der Waals surface area (Å²) in [4.78, 5) is 23.4. The molecule has 2 N–H and O–H groups in total. The molecule has 0 radical (unpaired) electrons. The average Bonchev–Trinajstić information content (AvgIpc) is 3.41. The van der Waals surface area contributed by atoms with Gasteiger partial charge in [-0.05, 0) is 44.0 Å². The first-order valence-electron chi connectivity index (χ1n) is 8.64. The highest BCUT2D eigenvalue weighted by Gasteiger charge is 2.47. The Kier molecular flexibility index (Phi) is 5.30. The van der Waals surface area contributed by atoms with Crippen LogP contribution >= 0.6 is 0 Å². The molecule has 142 valence electrons. The molecule has 1 saturated carbocycles. The lowest BCUT2D eigenvalue weighted by Gasteiger charge is -2.19. The molecule has 0 bridgehead atoms. The molecule has 7 heteroatoms. The molecular weight excluding hydrogens is 353 g/mol. The summed E-state index contributed by atoms with van der Waals surface area (Å²) in [7, 11) is 0. The summed E-state index contributed by atoms with van der Waals surface area (Å²) in [6.45, 7) is 1.58. The molecule has 0 heterocycles. The Balaban J connectivity index is 1.79. The predicted octanol–water partition coefficient (Wildman–Crippen LogP) is 3.11. The molecular formula is C20H20FNO5. The van der Waals surface area contributed by atoms with E-state index in [1.54, 1.807) is 25.1 Å². The summed E-state index contributed by atoms with van der Waals surface area (Å²) in [6, 6.07) is 10.9. The van der Waals surface area contributed by atoms with Crippen LogP contribution in [0.15, 0.2) is 42.5 Å². The van der Waals surface area contributed by atoms with Gasteiger partial charge in [-0.2, -0.15) is 0 Å². The molecule has 0 spiro atoms. The van der Waals surface area contributed by atoms with Crippen LogP contribution in [0, 0.1) is 5.82 Å². The van der Waals surface area contributed by atoms with Gasteiger partial charge in [0.2, 0.25) is 0 Å². The summed E-state index contributed by atoms with van der Waals surface area (Å²) < 4.78 is 24.7. The minimum absolute atomic E-state index is 0.242. The molecule has 2 aromatic carbocycles. The second-order valence-electron chi connectivity index (χ2n) is 6.29. The number of carbonyl (C=O) groups excluding carboxylic acids is 1. The van der Waals surface area contributed by atoms with E-state index in [4.69, 9.17) is 14.6 Å². The standard InChI is InChI=1S/C20H20FNO5/c1-2-26-17-11-13(7-8-16(17)27-12-18(23)24)19(25)22-20(9-10-20)14-5-3-4-6-15(14)21/h3-8,11H,2,9-10,12H2,1H3,(H,22,25)(H,23,24). The van der Waals surface area contributed by atoms with E-state index in [2.05, 4.69) is 5.32 Å². The zero-order chi connectivity index (χ0) is 19.4. The van der Waals surface area contributed by atoms with E-state index in [9.17, 15) is 14.0 Å². The third-order valence-corrected chi connectivity index (χ3v) is 4.35. The van der Waals surface area contributed by atoms with Gasteiger partial charge in [-0.1, -0.05) is 18.2 Å². The zero-order valence-corrected chi connectivity index (χ0v) is 14.8. The van der Waals surface area contributed by atoms with Crippen molar-refractivity contribution in [3.63, 3.8) is 0 Å². The largest absolute Gasteiger partial charge is 0.490 e. The number of aliphatic carboxylic acids is 1. The molecule has 1 fully saturated rings. The van der Waals surface area contributed by atoms with Crippen molar-refractivity contribution in [3.8, 4) is 11.5 Å². The molecule has 1 aliphatic carbocycles. The monoisotopic (exact) mass is 373 g/mol. The van der Waals surface area contributed by atoms with Crippen LogP contribution in [-0.4, -0.2) is 30.2 Å². The highest BCUT2D eigenvalue weighted by molar-refractivity contribution is 5.95. The second-order valence-corrected chi connectivity index (χ2v) is 6.29. The number of nitrogens with one attached hydrogen (secondary N) is 1. The Labute approximate surface area is 155 Å². The van der Waals surface area contributed by atoms with E-state index in [0.717, 1.165) is 0 Å². The first kappa shape index (κ1) is 18.7. The fourth-order valence-electron chi connectivity index (χ4n) is 2.90. The molecule has 27 heavy (non-hydrogen) atoms. The van der Waals surface area contributed by atoms with E-state index < -0.39 is 18.1 Å². The fourth-order valence-corrected chi connectivity index (χ4v) is 2.90. The number of hydrogen-bond donors (Lipinski definition) is 2. The van der Waals surface area contributed by atoms with Gasteiger partial charge in [-0.3, -0.25) is 4.79 Å². The number of carboxylic acids is 1. The molecule has 6 nitrogen and oxygen atoms in total. The van der Waals surface area contributed by atoms with Gasteiger partial charge in [0.1, 0.15) is 5.82 Å². The van der Waals surface area contributed by atoms with Crippen LogP contribution in [-0.2, 0) is 10.3 Å². The maximum Gasteiger partial charge on any atom is 0.341 e. The number of halogens is 1. The Morgan fingerprint density at radius 2 is 1.89 bits per heavy atom. The predicted molar refractivity (Wildman–Crippen MR) is 95.5 cm³/mol. The third kappa shape index (κ3) is 4.19. The quantitative estimate of drug-likeness (QED) is 0.743. The van der Waals surface area contributed by atoms with Crippen molar-refractivity contribution in [1.29, 1.82) is 0 Å². The van der Waals surface area contributed by atoms with Crippen LogP contribution < -0.4 is 14.8 Å². The normalized spacial score (nSPS) is 14.3. The SMILES string of the molecule is CCOc1cc(C(=O)NC2(c3ccccc3F)CC2)ccc1OCC(=O)O. The Morgan fingerprint density at radius 3 is 2.52 bits per heavy atom. The first-order chi connectivity index (χ1) is 12.9. The minimum Gasteiger partial charge on any atom is -0.490 e. The lowest BCUT2D eigenvalue weighted by molar-refractivity contribution is -0.139. The van der Waals surface area contributed by atoms with Gasteiger partial charge in [0.25, 0.3) is 5.91 Å². The van der Waals surface area contributed by atoms with E-state index in [1.807, 2.05) is 0 Å². The van der Waals surface area contributed by atoms with Crippen LogP contribution in [0.1, 0.15) is 35.7 Å². The maximum absolute atomic E-state index is 14.1. The van der Waals surface area contributed by atoms with Gasteiger partial charge in [0, 0.05) is 11.1 Å². The van der Waals surface area contributed by atoms with Crippen LogP contribution in [0.5, 0.6) is 11.5 Å². The van der Waals surface area contributed by atoms with Gasteiger partial charge < -0.3 is 19.9 Å². The molecule has 0 unspecified atom stereocenters. The fraction of sp³-hybridized carbons (Fsp3) is 0.300. The second kappa shape index (κ2) is 7.65. The van der Waals surface area contributed by atoms with E-state index in [-0.39, 0.29) is 23.2 Å². The van der Waals surface area contributed by atoms with Crippen molar-refractivity contribution in [1.82, 2.24) is 5.32 Å². The molecule has 0 aliphatic heterocycles. The molecule has 1 aliphatic rings. The summed E-state index contributed by atoms with van der Waals surface area (Å²) in [5, 5.41) is 11.7. The highest BCUT2D eigenvalue weighted by atomic mass is 19.1. The number of ether oxygens (including phenoxy) is 2. The van der Waals surface area contributed by atoms with Crippen LogP contribution in [0.25, 0.3) is 0 Å². The van der Waals surface area contributed by atoms with Gasteiger partial charge in [-0.15, -0.1) is 0 Å². The molecule has 1 amide bonds. The smallest absolute Gasteiger partial charge is 0.341 e. The van der Waals surface area contributed by atoms with Gasteiger partial charge in [0.05, 0.1) is 12.1 Å². The first-order valence-corrected chi connectivity index (χ1v) is 8.64.